The summed E-state index contributed by atoms with van der Waals surface area (Å²) in [6.45, 7) is 4.71. The summed E-state index contributed by atoms with van der Waals surface area (Å²) in [5.74, 6) is 1.38. The van der Waals surface area contributed by atoms with Crippen LogP contribution in [-0.2, 0) is 0 Å². The Morgan fingerprint density at radius 1 is 1.00 bits per heavy atom. The molecule has 0 atom stereocenters. The Kier molecular flexibility index (Phi) is 6.49. The number of hydrogen-bond acceptors (Lipinski definition) is 5. The number of benzene rings is 2. The molecule has 0 aliphatic heterocycles. The molecule has 0 aromatic heterocycles. The monoisotopic (exact) mass is 394 g/mol. The van der Waals surface area contributed by atoms with Crippen molar-refractivity contribution in [2.24, 2.45) is 0 Å². The maximum Gasteiger partial charge on any atom is 0.343 e. The molecule has 0 N–H and O–H groups in total. The molecule has 0 amide bonds. The van der Waals surface area contributed by atoms with Crippen molar-refractivity contribution >= 4 is 21.9 Å². The van der Waals surface area contributed by atoms with Gasteiger partial charge in [0.15, 0.2) is 23.0 Å². The van der Waals surface area contributed by atoms with Crippen LogP contribution >= 0.6 is 15.9 Å². The predicted octanol–water partition coefficient (Wildman–Crippen LogP) is 4.47. The van der Waals surface area contributed by atoms with E-state index < -0.39 is 5.97 Å². The number of rotatable bonds is 7. The smallest absolute Gasteiger partial charge is 0.343 e. The highest BCUT2D eigenvalue weighted by atomic mass is 79.9. The maximum absolute atomic E-state index is 12.5. The molecular formula is C18H19BrO5. The minimum atomic E-state index is -0.510. The SMILES string of the molecule is CCOc1ccccc1OC(=O)c1cc(Br)c(OCC)c(OC)c1. The highest BCUT2D eigenvalue weighted by molar-refractivity contribution is 9.10. The van der Waals surface area contributed by atoms with Crippen LogP contribution in [0.15, 0.2) is 40.9 Å². The van der Waals surface area contributed by atoms with Crippen LogP contribution in [0.25, 0.3) is 0 Å². The number of ether oxygens (including phenoxy) is 4. The Labute approximate surface area is 149 Å². The van der Waals surface area contributed by atoms with Crippen molar-refractivity contribution < 1.29 is 23.7 Å². The van der Waals surface area contributed by atoms with Gasteiger partial charge in [0.05, 0.1) is 30.4 Å². The van der Waals surface area contributed by atoms with Gasteiger partial charge in [-0.3, -0.25) is 0 Å². The molecule has 2 rings (SSSR count). The molecule has 0 radical (unpaired) electrons. The first-order valence-electron chi connectivity index (χ1n) is 7.55. The van der Waals surface area contributed by atoms with Gasteiger partial charge in [0.1, 0.15) is 0 Å². The van der Waals surface area contributed by atoms with E-state index in [0.29, 0.717) is 46.2 Å². The van der Waals surface area contributed by atoms with Crippen LogP contribution in [0.1, 0.15) is 24.2 Å². The van der Waals surface area contributed by atoms with Crippen molar-refractivity contribution in [3.05, 3.63) is 46.4 Å². The summed E-state index contributed by atoms with van der Waals surface area (Å²) in [6.07, 6.45) is 0. The second kappa shape index (κ2) is 8.59. The van der Waals surface area contributed by atoms with Crippen molar-refractivity contribution in [3.8, 4) is 23.0 Å². The number of halogens is 1. The summed E-state index contributed by atoms with van der Waals surface area (Å²) >= 11 is 3.40. The maximum atomic E-state index is 12.5. The normalized spacial score (nSPS) is 10.2. The van der Waals surface area contributed by atoms with Gasteiger partial charge in [0.25, 0.3) is 0 Å². The third-order valence-corrected chi connectivity index (χ3v) is 3.69. The van der Waals surface area contributed by atoms with Gasteiger partial charge in [-0.05, 0) is 54.0 Å². The molecule has 0 saturated carbocycles. The molecule has 2 aromatic rings. The first-order valence-corrected chi connectivity index (χ1v) is 8.34. The fraction of sp³-hybridized carbons (Fsp3) is 0.278. The van der Waals surface area contributed by atoms with E-state index in [2.05, 4.69) is 15.9 Å². The lowest BCUT2D eigenvalue weighted by Gasteiger charge is -2.14. The molecular weight excluding hydrogens is 376 g/mol. The molecule has 128 valence electrons. The van der Waals surface area contributed by atoms with Gasteiger partial charge in [-0.25, -0.2) is 4.79 Å². The Bertz CT molecular complexity index is 715. The second-order valence-electron chi connectivity index (χ2n) is 4.69. The van der Waals surface area contributed by atoms with Gasteiger partial charge >= 0.3 is 5.97 Å². The van der Waals surface area contributed by atoms with Gasteiger partial charge in [0, 0.05) is 0 Å². The van der Waals surface area contributed by atoms with Gasteiger partial charge in [-0.2, -0.15) is 0 Å². The number of esters is 1. The lowest BCUT2D eigenvalue weighted by Crippen LogP contribution is -2.10. The third kappa shape index (κ3) is 4.20. The zero-order chi connectivity index (χ0) is 17.5. The number of hydrogen-bond donors (Lipinski definition) is 0. The highest BCUT2D eigenvalue weighted by Crippen LogP contribution is 2.37. The Balaban J connectivity index is 2.29. The van der Waals surface area contributed by atoms with E-state index >= 15 is 0 Å². The quantitative estimate of drug-likeness (QED) is 0.511. The third-order valence-electron chi connectivity index (χ3n) is 3.11. The summed E-state index contributed by atoms with van der Waals surface area (Å²) in [5, 5.41) is 0. The van der Waals surface area contributed by atoms with Crippen molar-refractivity contribution in [1.29, 1.82) is 0 Å². The molecule has 24 heavy (non-hydrogen) atoms. The van der Waals surface area contributed by atoms with E-state index in [-0.39, 0.29) is 0 Å². The fourth-order valence-corrected chi connectivity index (χ4v) is 2.65. The molecule has 0 aliphatic rings. The van der Waals surface area contributed by atoms with E-state index in [4.69, 9.17) is 18.9 Å². The zero-order valence-corrected chi connectivity index (χ0v) is 15.4. The topological polar surface area (TPSA) is 54.0 Å². The second-order valence-corrected chi connectivity index (χ2v) is 5.55. The van der Waals surface area contributed by atoms with Crippen molar-refractivity contribution in [1.82, 2.24) is 0 Å². The van der Waals surface area contributed by atoms with E-state index in [1.807, 2.05) is 19.9 Å². The first-order chi connectivity index (χ1) is 11.6. The standard InChI is InChI=1S/C18H19BrO5/c1-4-22-14-8-6-7-9-15(14)24-18(20)12-10-13(19)17(23-5-2)16(11-12)21-3/h6-11H,4-5H2,1-3H3. The van der Waals surface area contributed by atoms with E-state index in [1.165, 1.54) is 7.11 Å². The van der Waals surface area contributed by atoms with Crippen LogP contribution in [0.3, 0.4) is 0 Å². The molecule has 0 bridgehead atoms. The molecule has 0 heterocycles. The summed E-state index contributed by atoms with van der Waals surface area (Å²) in [4.78, 5) is 12.5. The van der Waals surface area contributed by atoms with Crippen LogP contribution in [0.2, 0.25) is 0 Å². The van der Waals surface area contributed by atoms with E-state index in [0.717, 1.165) is 0 Å². The number of carbonyl (C=O) groups excluding carboxylic acids is 1. The molecule has 0 fully saturated rings. The van der Waals surface area contributed by atoms with Crippen LogP contribution in [0.5, 0.6) is 23.0 Å². The van der Waals surface area contributed by atoms with Crippen LogP contribution in [-0.4, -0.2) is 26.3 Å². The largest absolute Gasteiger partial charge is 0.493 e. The molecule has 0 saturated heterocycles. The fourth-order valence-electron chi connectivity index (χ4n) is 2.09. The number of methoxy groups -OCH3 is 1. The Morgan fingerprint density at radius 3 is 2.29 bits per heavy atom. The van der Waals surface area contributed by atoms with Crippen molar-refractivity contribution in [2.75, 3.05) is 20.3 Å². The Morgan fingerprint density at radius 2 is 1.67 bits per heavy atom. The van der Waals surface area contributed by atoms with Crippen LogP contribution < -0.4 is 18.9 Å². The summed E-state index contributed by atoms with van der Waals surface area (Å²) < 4.78 is 22.4. The number of para-hydroxylation sites is 2. The molecule has 5 nitrogen and oxygen atoms in total. The minimum absolute atomic E-state index is 0.341. The first kappa shape index (κ1) is 18.1. The molecule has 2 aromatic carbocycles. The van der Waals surface area contributed by atoms with E-state index in [1.54, 1.807) is 30.3 Å². The average Bonchev–Trinajstić information content (AvgIpc) is 2.58. The zero-order valence-electron chi connectivity index (χ0n) is 13.8. The van der Waals surface area contributed by atoms with E-state index in [9.17, 15) is 4.79 Å². The van der Waals surface area contributed by atoms with Crippen LogP contribution in [0, 0.1) is 0 Å². The van der Waals surface area contributed by atoms with Crippen molar-refractivity contribution in [2.45, 2.75) is 13.8 Å². The average molecular weight is 395 g/mol. The summed E-state index contributed by atoms with van der Waals surface area (Å²) in [5.41, 5.74) is 0.341. The van der Waals surface area contributed by atoms with Crippen molar-refractivity contribution in [3.63, 3.8) is 0 Å². The van der Waals surface area contributed by atoms with Crippen LogP contribution in [0.4, 0.5) is 0 Å². The molecule has 6 heteroatoms. The highest BCUT2D eigenvalue weighted by Gasteiger charge is 2.18. The van der Waals surface area contributed by atoms with Gasteiger partial charge < -0.3 is 18.9 Å². The Hall–Kier alpha value is -2.21. The lowest BCUT2D eigenvalue weighted by atomic mass is 10.2. The van der Waals surface area contributed by atoms with Gasteiger partial charge in [-0.15, -0.1) is 0 Å². The summed E-state index contributed by atoms with van der Waals surface area (Å²) in [6, 6.07) is 10.3. The molecule has 0 unspecified atom stereocenters. The molecule has 0 spiro atoms. The molecule has 0 aliphatic carbocycles. The minimum Gasteiger partial charge on any atom is -0.493 e. The lowest BCUT2D eigenvalue weighted by molar-refractivity contribution is 0.0728. The number of carbonyl (C=O) groups is 1. The van der Waals surface area contributed by atoms with Gasteiger partial charge in [-0.1, -0.05) is 12.1 Å². The summed E-state index contributed by atoms with van der Waals surface area (Å²) in [7, 11) is 1.52. The van der Waals surface area contributed by atoms with Gasteiger partial charge in [0.2, 0.25) is 0 Å². The predicted molar refractivity (Wildman–Crippen MR) is 94.4 cm³/mol.